The molecule has 0 N–H and O–H groups in total. The van der Waals surface area contributed by atoms with Gasteiger partial charge in [0.15, 0.2) is 0 Å². The minimum atomic E-state index is -0.158. The van der Waals surface area contributed by atoms with E-state index in [2.05, 4.69) is 26.8 Å². The summed E-state index contributed by atoms with van der Waals surface area (Å²) >= 11 is 1.71. The highest BCUT2D eigenvalue weighted by Gasteiger charge is 2.23. The summed E-state index contributed by atoms with van der Waals surface area (Å²) in [5.74, 6) is -0.0879. The fraction of sp³-hybridized carbons (Fsp3) is 0.471. The first-order valence-electron chi connectivity index (χ1n) is 8.28. The minimum absolute atomic E-state index is 0.0879. The van der Waals surface area contributed by atoms with Crippen molar-refractivity contribution in [1.82, 2.24) is 19.6 Å². The monoisotopic (exact) mass is 346 g/mol. The number of hydrogen-bond donors (Lipinski definition) is 0. The Kier molecular flexibility index (Phi) is 5.42. The van der Waals surface area contributed by atoms with Crippen molar-refractivity contribution >= 4 is 17.2 Å². The smallest absolute Gasteiger partial charge is 0.274 e. The number of aryl methyl sites for hydroxylation is 1. The molecule has 3 rings (SSSR count). The van der Waals surface area contributed by atoms with E-state index in [1.807, 2.05) is 11.8 Å². The van der Waals surface area contributed by atoms with Gasteiger partial charge in [-0.15, -0.1) is 0 Å². The van der Waals surface area contributed by atoms with Gasteiger partial charge in [-0.1, -0.05) is 6.92 Å². The van der Waals surface area contributed by atoms with E-state index >= 15 is 0 Å². The van der Waals surface area contributed by atoms with Gasteiger partial charge >= 0.3 is 0 Å². The SMILES string of the molecule is CCCn1nc(C(=O)N2CCN(Cc3ccsc3)CC2)ccc1=O. The first-order chi connectivity index (χ1) is 11.7. The summed E-state index contributed by atoms with van der Waals surface area (Å²) in [5.41, 5.74) is 1.52. The molecule has 2 aromatic rings. The Hall–Kier alpha value is -1.99. The Morgan fingerprint density at radius 3 is 2.67 bits per heavy atom. The molecule has 3 heterocycles. The van der Waals surface area contributed by atoms with E-state index in [0.29, 0.717) is 25.3 Å². The lowest BCUT2D eigenvalue weighted by atomic mass is 10.2. The van der Waals surface area contributed by atoms with Gasteiger partial charge in [-0.25, -0.2) is 4.68 Å². The van der Waals surface area contributed by atoms with Crippen LogP contribution in [-0.4, -0.2) is 51.7 Å². The van der Waals surface area contributed by atoms with Crippen molar-refractivity contribution in [3.05, 3.63) is 50.6 Å². The summed E-state index contributed by atoms with van der Waals surface area (Å²) < 4.78 is 1.38. The van der Waals surface area contributed by atoms with Crippen molar-refractivity contribution in [1.29, 1.82) is 0 Å². The molecule has 0 unspecified atom stereocenters. The van der Waals surface area contributed by atoms with Crippen molar-refractivity contribution in [3.8, 4) is 0 Å². The lowest BCUT2D eigenvalue weighted by molar-refractivity contribution is 0.0620. The number of aromatic nitrogens is 2. The van der Waals surface area contributed by atoms with Crippen LogP contribution in [-0.2, 0) is 13.1 Å². The van der Waals surface area contributed by atoms with Gasteiger partial charge in [0.25, 0.3) is 11.5 Å². The standard InChI is InChI=1S/C17H22N4O2S/c1-2-6-21-16(22)4-3-15(18-21)17(23)20-9-7-19(8-10-20)12-14-5-11-24-13-14/h3-5,11,13H,2,6-10,12H2,1H3. The molecule has 1 saturated heterocycles. The molecule has 0 radical (unpaired) electrons. The summed E-state index contributed by atoms with van der Waals surface area (Å²) in [7, 11) is 0. The van der Waals surface area contributed by atoms with E-state index in [9.17, 15) is 9.59 Å². The largest absolute Gasteiger partial charge is 0.335 e. The second kappa shape index (κ2) is 7.72. The second-order valence-corrected chi connectivity index (χ2v) is 6.76. The number of nitrogens with zero attached hydrogens (tertiary/aromatic N) is 4. The van der Waals surface area contributed by atoms with Gasteiger partial charge in [-0.2, -0.15) is 16.4 Å². The Morgan fingerprint density at radius 2 is 2.00 bits per heavy atom. The average Bonchev–Trinajstić information content (AvgIpc) is 3.10. The molecule has 1 fully saturated rings. The Morgan fingerprint density at radius 1 is 1.21 bits per heavy atom. The van der Waals surface area contributed by atoms with E-state index < -0.39 is 0 Å². The fourth-order valence-corrected chi connectivity index (χ4v) is 3.51. The zero-order chi connectivity index (χ0) is 16.9. The van der Waals surface area contributed by atoms with Gasteiger partial charge in [0.2, 0.25) is 0 Å². The lowest BCUT2D eigenvalue weighted by Crippen LogP contribution is -2.48. The number of hydrogen-bond acceptors (Lipinski definition) is 5. The highest BCUT2D eigenvalue weighted by molar-refractivity contribution is 7.07. The summed E-state index contributed by atoms with van der Waals surface area (Å²) in [6.07, 6.45) is 0.811. The first kappa shape index (κ1) is 16.9. The summed E-state index contributed by atoms with van der Waals surface area (Å²) in [6.45, 7) is 6.55. The van der Waals surface area contributed by atoms with Crippen LogP contribution >= 0.6 is 11.3 Å². The number of piperazine rings is 1. The number of amides is 1. The van der Waals surface area contributed by atoms with Crippen molar-refractivity contribution in [2.24, 2.45) is 0 Å². The summed E-state index contributed by atoms with van der Waals surface area (Å²) in [5, 5.41) is 8.47. The average molecular weight is 346 g/mol. The predicted octanol–water partition coefficient (Wildman–Crippen LogP) is 1.67. The summed E-state index contributed by atoms with van der Waals surface area (Å²) in [6, 6.07) is 5.11. The molecule has 6 nitrogen and oxygen atoms in total. The van der Waals surface area contributed by atoms with E-state index in [1.165, 1.54) is 22.4 Å². The first-order valence-corrected chi connectivity index (χ1v) is 9.22. The third-order valence-electron chi connectivity index (χ3n) is 4.17. The number of thiophene rings is 1. The molecular weight excluding hydrogens is 324 g/mol. The molecule has 2 aromatic heterocycles. The van der Waals surface area contributed by atoms with Gasteiger partial charge in [-0.3, -0.25) is 14.5 Å². The van der Waals surface area contributed by atoms with Crippen LogP contribution in [0.3, 0.4) is 0 Å². The van der Waals surface area contributed by atoms with E-state index in [4.69, 9.17) is 0 Å². The van der Waals surface area contributed by atoms with Crippen LogP contribution in [0.2, 0.25) is 0 Å². The predicted molar refractivity (Wildman–Crippen MR) is 94.3 cm³/mol. The molecular formula is C17H22N4O2S. The van der Waals surface area contributed by atoms with Crippen LogP contribution < -0.4 is 5.56 Å². The third-order valence-corrected chi connectivity index (χ3v) is 4.90. The van der Waals surface area contributed by atoms with Crippen LogP contribution in [0.25, 0.3) is 0 Å². The van der Waals surface area contributed by atoms with Crippen LogP contribution in [0.15, 0.2) is 33.8 Å². The summed E-state index contributed by atoms with van der Waals surface area (Å²) in [4.78, 5) is 28.5. The Bertz CT molecular complexity index is 733. The van der Waals surface area contributed by atoms with Gasteiger partial charge in [0.1, 0.15) is 5.69 Å². The van der Waals surface area contributed by atoms with Crippen molar-refractivity contribution < 1.29 is 4.79 Å². The quantitative estimate of drug-likeness (QED) is 0.826. The number of carbonyl (C=O) groups is 1. The highest BCUT2D eigenvalue weighted by atomic mass is 32.1. The molecule has 0 spiro atoms. The van der Waals surface area contributed by atoms with Crippen molar-refractivity contribution in [3.63, 3.8) is 0 Å². The molecule has 128 valence electrons. The molecule has 1 aliphatic heterocycles. The lowest BCUT2D eigenvalue weighted by Gasteiger charge is -2.34. The van der Waals surface area contributed by atoms with Crippen LogP contribution in [0, 0.1) is 0 Å². The van der Waals surface area contributed by atoms with Crippen LogP contribution in [0.1, 0.15) is 29.4 Å². The molecule has 0 aliphatic carbocycles. The normalized spacial score (nSPS) is 15.6. The van der Waals surface area contributed by atoms with Crippen molar-refractivity contribution in [2.75, 3.05) is 26.2 Å². The zero-order valence-electron chi connectivity index (χ0n) is 13.9. The van der Waals surface area contributed by atoms with E-state index in [0.717, 1.165) is 26.1 Å². The second-order valence-electron chi connectivity index (χ2n) is 5.98. The van der Waals surface area contributed by atoms with Crippen LogP contribution in [0.4, 0.5) is 0 Å². The van der Waals surface area contributed by atoms with Crippen LogP contribution in [0.5, 0.6) is 0 Å². The zero-order valence-corrected chi connectivity index (χ0v) is 14.7. The van der Waals surface area contributed by atoms with Gasteiger partial charge in [0.05, 0.1) is 0 Å². The van der Waals surface area contributed by atoms with Crippen molar-refractivity contribution in [2.45, 2.75) is 26.4 Å². The van der Waals surface area contributed by atoms with E-state index in [-0.39, 0.29) is 11.5 Å². The van der Waals surface area contributed by atoms with Gasteiger partial charge < -0.3 is 4.90 Å². The Labute approximate surface area is 145 Å². The molecule has 0 atom stereocenters. The number of rotatable bonds is 5. The topological polar surface area (TPSA) is 58.4 Å². The van der Waals surface area contributed by atoms with E-state index in [1.54, 1.807) is 11.3 Å². The Balaban J connectivity index is 1.60. The molecule has 1 amide bonds. The van der Waals surface area contributed by atoms with Gasteiger partial charge in [-0.05, 0) is 34.9 Å². The van der Waals surface area contributed by atoms with Gasteiger partial charge in [0, 0.05) is 45.3 Å². The third kappa shape index (κ3) is 3.91. The molecule has 0 saturated carbocycles. The molecule has 24 heavy (non-hydrogen) atoms. The highest BCUT2D eigenvalue weighted by Crippen LogP contribution is 2.12. The molecule has 7 heteroatoms. The molecule has 0 bridgehead atoms. The maximum absolute atomic E-state index is 12.6. The minimum Gasteiger partial charge on any atom is -0.335 e. The molecule has 0 aromatic carbocycles. The molecule has 1 aliphatic rings. The number of carbonyl (C=O) groups excluding carboxylic acids is 1. The maximum atomic E-state index is 12.6. The fourth-order valence-electron chi connectivity index (χ4n) is 2.85. The maximum Gasteiger partial charge on any atom is 0.274 e.